The van der Waals surface area contributed by atoms with Gasteiger partial charge >= 0.3 is 0 Å². The van der Waals surface area contributed by atoms with Crippen LogP contribution in [0.5, 0.6) is 0 Å². The van der Waals surface area contributed by atoms with Gasteiger partial charge in [0.15, 0.2) is 0 Å². The molecule has 0 aliphatic heterocycles. The minimum atomic E-state index is -0.635. The third-order valence-electron chi connectivity index (χ3n) is 18.1. The maximum atomic E-state index is 2.50. The lowest BCUT2D eigenvalue weighted by atomic mass is 9.67. The van der Waals surface area contributed by atoms with Gasteiger partial charge in [-0.3, -0.25) is 0 Å². The molecule has 3 aliphatic rings. The molecule has 0 fully saturated rings. The van der Waals surface area contributed by atoms with E-state index >= 15 is 0 Å². The summed E-state index contributed by atoms with van der Waals surface area (Å²) in [7, 11) is 0. The first kappa shape index (κ1) is 46.9. The Balaban J connectivity index is 0.936. The SMILES string of the molecule is CC1(C)c2ccccc2-c2c(-c3cc(-c4ccccc4)cc(-c4cccc(C5(c6cccc(-c7cc(-c8ccccc8)cc(-c8cccc9c8-c8ccccc8C9(C)C)c7)c6)c6ccccc6-c6ccccc65)c4)c3)cccc21. The molecule has 0 bridgehead atoms. The molecule has 12 aromatic rings. The van der Waals surface area contributed by atoms with E-state index in [4.69, 9.17) is 0 Å². The van der Waals surface area contributed by atoms with E-state index in [9.17, 15) is 0 Å². The minimum Gasteiger partial charge on any atom is -0.0622 e. The molecule has 0 amide bonds. The van der Waals surface area contributed by atoms with Gasteiger partial charge in [0.2, 0.25) is 0 Å². The average molecular weight is 1010 g/mol. The number of hydrogen-bond donors (Lipinski definition) is 0. The van der Waals surface area contributed by atoms with Crippen molar-refractivity contribution in [2.24, 2.45) is 0 Å². The molecule has 0 nitrogen and oxygen atoms in total. The molecule has 15 rings (SSSR count). The number of benzene rings is 12. The van der Waals surface area contributed by atoms with Crippen LogP contribution >= 0.6 is 0 Å². The van der Waals surface area contributed by atoms with E-state index in [1.54, 1.807) is 0 Å². The van der Waals surface area contributed by atoms with Crippen LogP contribution in [0.15, 0.2) is 279 Å². The highest BCUT2D eigenvalue weighted by Crippen LogP contribution is 2.58. The molecular formula is C79H58. The summed E-state index contributed by atoms with van der Waals surface area (Å²) in [6.07, 6.45) is 0. The fraction of sp³-hybridized carbons (Fsp3) is 0.0886. The largest absolute Gasteiger partial charge is 0.0713 e. The maximum absolute atomic E-state index is 2.50. The van der Waals surface area contributed by atoms with Crippen molar-refractivity contribution in [2.45, 2.75) is 43.9 Å². The highest BCUT2D eigenvalue weighted by molar-refractivity contribution is 5.97. The molecule has 79 heavy (non-hydrogen) atoms. The lowest BCUT2D eigenvalue weighted by Gasteiger charge is -2.34. The number of fused-ring (bicyclic) bond motifs is 9. The molecular weight excluding hydrogens is 949 g/mol. The molecule has 12 aromatic carbocycles. The van der Waals surface area contributed by atoms with Gasteiger partial charge in [-0.1, -0.05) is 258 Å². The normalized spacial score (nSPS) is 14.4. The van der Waals surface area contributed by atoms with Crippen molar-refractivity contribution >= 4 is 0 Å². The first-order chi connectivity index (χ1) is 38.7. The Hall–Kier alpha value is -9.36. The summed E-state index contributed by atoms with van der Waals surface area (Å²) >= 11 is 0. The smallest absolute Gasteiger partial charge is 0.0622 e. The minimum absolute atomic E-state index is 0.102. The van der Waals surface area contributed by atoms with Gasteiger partial charge in [-0.2, -0.15) is 0 Å². The summed E-state index contributed by atoms with van der Waals surface area (Å²) in [5, 5.41) is 0. The Morgan fingerprint density at radius 1 is 0.190 bits per heavy atom. The molecule has 0 aromatic heterocycles. The predicted octanol–water partition coefficient (Wildman–Crippen LogP) is 20.7. The Labute approximate surface area is 465 Å². The Morgan fingerprint density at radius 2 is 0.481 bits per heavy atom. The van der Waals surface area contributed by atoms with Crippen molar-refractivity contribution in [3.8, 4) is 100 Å². The van der Waals surface area contributed by atoms with E-state index < -0.39 is 5.41 Å². The molecule has 0 saturated carbocycles. The van der Waals surface area contributed by atoms with E-state index in [2.05, 4.69) is 307 Å². The van der Waals surface area contributed by atoms with E-state index in [1.807, 2.05) is 0 Å². The van der Waals surface area contributed by atoms with Crippen LogP contribution in [0.2, 0.25) is 0 Å². The first-order valence-electron chi connectivity index (χ1n) is 28.0. The van der Waals surface area contributed by atoms with Gasteiger partial charge in [-0.15, -0.1) is 0 Å². The van der Waals surface area contributed by atoms with Gasteiger partial charge in [0, 0.05) is 10.8 Å². The number of hydrogen-bond acceptors (Lipinski definition) is 0. The first-order valence-corrected chi connectivity index (χ1v) is 28.0. The van der Waals surface area contributed by atoms with Gasteiger partial charge < -0.3 is 0 Å². The van der Waals surface area contributed by atoms with Crippen LogP contribution in [-0.4, -0.2) is 0 Å². The van der Waals surface area contributed by atoms with Crippen LogP contribution < -0.4 is 0 Å². The van der Waals surface area contributed by atoms with Crippen LogP contribution in [0.25, 0.3) is 100 Å². The lowest BCUT2D eigenvalue weighted by molar-refractivity contribution is 0.660. The molecule has 3 aliphatic carbocycles. The summed E-state index contributed by atoms with van der Waals surface area (Å²) in [6.45, 7) is 9.49. The summed E-state index contributed by atoms with van der Waals surface area (Å²) in [4.78, 5) is 0. The molecule has 0 radical (unpaired) electrons. The highest BCUT2D eigenvalue weighted by Gasteiger charge is 2.46. The van der Waals surface area contributed by atoms with Crippen molar-refractivity contribution in [3.63, 3.8) is 0 Å². The second kappa shape index (κ2) is 17.8. The topological polar surface area (TPSA) is 0 Å². The lowest BCUT2D eigenvalue weighted by Crippen LogP contribution is -2.28. The van der Waals surface area contributed by atoms with Gasteiger partial charge in [0.25, 0.3) is 0 Å². The Morgan fingerprint density at radius 3 is 0.899 bits per heavy atom. The molecule has 0 saturated heterocycles. The predicted molar refractivity (Wildman–Crippen MR) is 331 cm³/mol. The molecule has 0 unspecified atom stereocenters. The van der Waals surface area contributed by atoms with Gasteiger partial charge in [0.05, 0.1) is 5.41 Å². The van der Waals surface area contributed by atoms with Gasteiger partial charge in [-0.25, -0.2) is 0 Å². The second-order valence-electron chi connectivity index (χ2n) is 23.1. The van der Waals surface area contributed by atoms with E-state index in [0.29, 0.717) is 0 Å². The fourth-order valence-electron chi connectivity index (χ4n) is 14.4. The second-order valence-corrected chi connectivity index (χ2v) is 23.1. The van der Waals surface area contributed by atoms with Crippen molar-refractivity contribution in [3.05, 3.63) is 324 Å². The van der Waals surface area contributed by atoms with E-state index in [-0.39, 0.29) is 10.8 Å². The Kier molecular flexibility index (Phi) is 10.6. The van der Waals surface area contributed by atoms with E-state index in [1.165, 1.54) is 145 Å². The maximum Gasteiger partial charge on any atom is 0.0713 e. The average Bonchev–Trinajstić information content (AvgIpc) is 3.97. The van der Waals surface area contributed by atoms with Crippen LogP contribution in [0.4, 0.5) is 0 Å². The van der Waals surface area contributed by atoms with Gasteiger partial charge in [-0.05, 0) is 193 Å². The molecule has 374 valence electrons. The molecule has 0 heterocycles. The van der Waals surface area contributed by atoms with Crippen molar-refractivity contribution in [2.75, 3.05) is 0 Å². The van der Waals surface area contributed by atoms with Crippen molar-refractivity contribution < 1.29 is 0 Å². The highest BCUT2D eigenvalue weighted by atomic mass is 14.5. The van der Waals surface area contributed by atoms with Crippen molar-refractivity contribution in [1.29, 1.82) is 0 Å². The summed E-state index contributed by atoms with van der Waals surface area (Å²) in [5.74, 6) is 0. The monoisotopic (exact) mass is 1010 g/mol. The van der Waals surface area contributed by atoms with Crippen LogP contribution in [0.1, 0.15) is 72.2 Å². The zero-order valence-electron chi connectivity index (χ0n) is 45.1. The summed E-state index contributed by atoms with van der Waals surface area (Å²) in [5.41, 5.74) is 32.2. The van der Waals surface area contributed by atoms with Crippen LogP contribution in [0.3, 0.4) is 0 Å². The molecule has 0 N–H and O–H groups in total. The molecule has 0 heteroatoms. The fourth-order valence-corrected chi connectivity index (χ4v) is 14.4. The van der Waals surface area contributed by atoms with Crippen LogP contribution in [-0.2, 0) is 16.2 Å². The van der Waals surface area contributed by atoms with Crippen molar-refractivity contribution in [1.82, 2.24) is 0 Å². The van der Waals surface area contributed by atoms with Crippen LogP contribution in [0, 0.1) is 0 Å². The van der Waals surface area contributed by atoms with E-state index in [0.717, 1.165) is 0 Å². The molecule has 0 atom stereocenters. The summed E-state index contributed by atoms with van der Waals surface area (Å²) < 4.78 is 0. The molecule has 0 spiro atoms. The quantitative estimate of drug-likeness (QED) is 0.142. The zero-order valence-corrected chi connectivity index (χ0v) is 45.1. The third-order valence-corrected chi connectivity index (χ3v) is 18.1. The standard InChI is InChI=1S/C79H58/c1-77(2)69-37-15-13-33-67(69)75-63(35-21-41-73(75)77)59-45-55(51-23-7-5-8-24-51)43-57(47-59)53-27-19-29-61(49-53)79(71-39-17-11-31-65(71)66-32-12-18-40-72(66)79)62-30-20-28-54(50-62)58-44-56(52-25-9-6-10-26-52)46-60(48-58)64-36-22-42-74-76(64)68-34-14-16-38-70(68)78(74,3)4/h5-50H,1-4H3. The van der Waals surface area contributed by atoms with Gasteiger partial charge in [0.1, 0.15) is 0 Å². The zero-order chi connectivity index (χ0) is 53.0. The summed E-state index contributed by atoms with van der Waals surface area (Å²) in [6, 6.07) is 105. The number of rotatable bonds is 8. The third kappa shape index (κ3) is 7.14. The Bertz CT molecular complexity index is 4130.